The van der Waals surface area contributed by atoms with Gasteiger partial charge in [-0.2, -0.15) is 0 Å². The molecule has 1 aromatic rings. The number of nitrogens with zero attached hydrogens (tertiary/aromatic N) is 1. The number of hydrogen-bond donors (Lipinski definition) is 1. The maximum atomic E-state index is 13.3. The first-order valence-electron chi connectivity index (χ1n) is 7.90. The summed E-state index contributed by atoms with van der Waals surface area (Å²) in [7, 11) is 0. The summed E-state index contributed by atoms with van der Waals surface area (Å²) in [4.78, 5) is 26.7. The van der Waals surface area contributed by atoms with Crippen LogP contribution in [0.25, 0.3) is 0 Å². The van der Waals surface area contributed by atoms with Crippen LogP contribution in [-0.4, -0.2) is 49.1 Å². The first-order chi connectivity index (χ1) is 11.0. The molecule has 0 unspecified atom stereocenters. The van der Waals surface area contributed by atoms with Gasteiger partial charge in [0.05, 0.1) is 13.2 Å². The number of nitrogens with one attached hydrogen (secondary N) is 1. The molecule has 0 bridgehead atoms. The van der Waals surface area contributed by atoms with Crippen molar-refractivity contribution >= 4 is 11.8 Å². The standard InChI is InChI=1S/C17H23FN2O3/c1-12(2)10-15(17(22)20-6-8-23-9-7-20)19-16(21)13-4-3-5-14(18)11-13/h3-5,11-12,15H,6-10H2,1-2H3,(H,19,21)/t15-/m1/s1. The fourth-order valence-electron chi connectivity index (χ4n) is 2.57. The van der Waals surface area contributed by atoms with Crippen LogP contribution in [0, 0.1) is 11.7 Å². The molecule has 1 aliphatic rings. The Balaban J connectivity index is 2.08. The average molecular weight is 322 g/mol. The van der Waals surface area contributed by atoms with Gasteiger partial charge in [-0.3, -0.25) is 9.59 Å². The molecule has 0 radical (unpaired) electrons. The van der Waals surface area contributed by atoms with Crippen LogP contribution in [0.4, 0.5) is 4.39 Å². The predicted molar refractivity (Wildman–Crippen MR) is 84.5 cm³/mol. The number of amides is 2. The lowest BCUT2D eigenvalue weighted by Gasteiger charge is -2.31. The van der Waals surface area contributed by atoms with E-state index < -0.39 is 17.8 Å². The molecule has 1 N–H and O–H groups in total. The van der Waals surface area contributed by atoms with Crippen molar-refractivity contribution in [3.63, 3.8) is 0 Å². The minimum atomic E-state index is -0.608. The van der Waals surface area contributed by atoms with Gasteiger partial charge in [0.1, 0.15) is 11.9 Å². The van der Waals surface area contributed by atoms with Crippen molar-refractivity contribution in [3.8, 4) is 0 Å². The van der Waals surface area contributed by atoms with Crippen molar-refractivity contribution in [2.45, 2.75) is 26.3 Å². The zero-order chi connectivity index (χ0) is 16.8. The third-order valence-electron chi connectivity index (χ3n) is 3.72. The van der Waals surface area contributed by atoms with Gasteiger partial charge in [0.25, 0.3) is 5.91 Å². The summed E-state index contributed by atoms with van der Waals surface area (Å²) in [6, 6.07) is 4.85. The van der Waals surface area contributed by atoms with Gasteiger partial charge in [0, 0.05) is 18.7 Å². The summed E-state index contributed by atoms with van der Waals surface area (Å²) in [5.41, 5.74) is 0.216. The van der Waals surface area contributed by atoms with Crippen LogP contribution in [0.3, 0.4) is 0 Å². The minimum Gasteiger partial charge on any atom is -0.378 e. The topological polar surface area (TPSA) is 58.6 Å². The Morgan fingerprint density at radius 2 is 2.00 bits per heavy atom. The molecule has 0 aliphatic carbocycles. The molecule has 5 nitrogen and oxygen atoms in total. The molecule has 1 atom stereocenters. The Kier molecular flexibility index (Phi) is 6.10. The fourth-order valence-corrected chi connectivity index (χ4v) is 2.57. The van der Waals surface area contributed by atoms with E-state index in [1.165, 1.54) is 24.3 Å². The van der Waals surface area contributed by atoms with Crippen LogP contribution < -0.4 is 5.32 Å². The van der Waals surface area contributed by atoms with Gasteiger partial charge >= 0.3 is 0 Å². The number of halogens is 1. The van der Waals surface area contributed by atoms with Crippen LogP contribution >= 0.6 is 0 Å². The molecular formula is C17H23FN2O3. The molecule has 0 spiro atoms. The number of hydrogen-bond acceptors (Lipinski definition) is 3. The van der Waals surface area contributed by atoms with Gasteiger partial charge < -0.3 is 15.0 Å². The minimum absolute atomic E-state index is 0.105. The van der Waals surface area contributed by atoms with Crippen LogP contribution in [0.2, 0.25) is 0 Å². The quantitative estimate of drug-likeness (QED) is 0.900. The zero-order valence-electron chi connectivity index (χ0n) is 13.5. The second-order valence-corrected chi connectivity index (χ2v) is 6.10. The number of morpholine rings is 1. The lowest BCUT2D eigenvalue weighted by Crippen LogP contribution is -2.52. The van der Waals surface area contributed by atoms with Crippen molar-refractivity contribution in [1.29, 1.82) is 0 Å². The van der Waals surface area contributed by atoms with Gasteiger partial charge in [-0.05, 0) is 30.5 Å². The largest absolute Gasteiger partial charge is 0.378 e. The van der Waals surface area contributed by atoms with E-state index in [0.29, 0.717) is 32.7 Å². The maximum Gasteiger partial charge on any atom is 0.252 e. The van der Waals surface area contributed by atoms with Crippen LogP contribution in [0.5, 0.6) is 0 Å². The Hall–Kier alpha value is -1.95. The molecule has 1 aliphatic heterocycles. The van der Waals surface area contributed by atoms with Crippen molar-refractivity contribution in [1.82, 2.24) is 10.2 Å². The number of ether oxygens (including phenoxy) is 1. The van der Waals surface area contributed by atoms with E-state index in [1.807, 2.05) is 13.8 Å². The molecule has 0 saturated carbocycles. The molecule has 1 aromatic carbocycles. The summed E-state index contributed by atoms with van der Waals surface area (Å²) in [5.74, 6) is -0.765. The van der Waals surface area contributed by atoms with Gasteiger partial charge in [0.2, 0.25) is 5.91 Å². The van der Waals surface area contributed by atoms with Gasteiger partial charge in [-0.25, -0.2) is 4.39 Å². The number of carbonyl (C=O) groups excluding carboxylic acids is 2. The molecule has 2 amide bonds. The molecule has 6 heteroatoms. The molecule has 1 saturated heterocycles. The van der Waals surface area contributed by atoms with Crippen molar-refractivity contribution in [3.05, 3.63) is 35.6 Å². The highest BCUT2D eigenvalue weighted by atomic mass is 19.1. The monoisotopic (exact) mass is 322 g/mol. The molecular weight excluding hydrogens is 299 g/mol. The highest BCUT2D eigenvalue weighted by Crippen LogP contribution is 2.11. The Bertz CT molecular complexity index is 557. The third kappa shape index (κ3) is 5.03. The van der Waals surface area contributed by atoms with Gasteiger partial charge in [-0.15, -0.1) is 0 Å². The van der Waals surface area contributed by atoms with Crippen LogP contribution in [0.15, 0.2) is 24.3 Å². The Morgan fingerprint density at radius 3 is 2.61 bits per heavy atom. The first kappa shape index (κ1) is 17.4. The summed E-state index contributed by atoms with van der Waals surface area (Å²) in [6.45, 7) is 6.07. The summed E-state index contributed by atoms with van der Waals surface area (Å²) >= 11 is 0. The van der Waals surface area contributed by atoms with Gasteiger partial charge in [0.15, 0.2) is 0 Å². The van der Waals surface area contributed by atoms with Crippen LogP contribution in [0.1, 0.15) is 30.6 Å². The van der Waals surface area contributed by atoms with Crippen molar-refractivity contribution in [2.75, 3.05) is 26.3 Å². The van der Waals surface area contributed by atoms with E-state index in [0.717, 1.165) is 0 Å². The van der Waals surface area contributed by atoms with Crippen molar-refractivity contribution < 1.29 is 18.7 Å². The Morgan fingerprint density at radius 1 is 1.30 bits per heavy atom. The zero-order valence-corrected chi connectivity index (χ0v) is 13.5. The average Bonchev–Trinajstić information content (AvgIpc) is 2.54. The summed E-state index contributed by atoms with van der Waals surface area (Å²) in [5, 5.41) is 2.75. The van der Waals surface area contributed by atoms with E-state index in [-0.39, 0.29) is 17.4 Å². The molecule has 2 rings (SSSR count). The smallest absolute Gasteiger partial charge is 0.252 e. The van der Waals surface area contributed by atoms with E-state index >= 15 is 0 Å². The highest BCUT2D eigenvalue weighted by molar-refractivity contribution is 5.97. The van der Waals surface area contributed by atoms with Gasteiger partial charge in [-0.1, -0.05) is 19.9 Å². The molecule has 126 valence electrons. The highest BCUT2D eigenvalue weighted by Gasteiger charge is 2.28. The fraction of sp³-hybridized carbons (Fsp3) is 0.529. The van der Waals surface area contributed by atoms with E-state index in [1.54, 1.807) is 4.90 Å². The second-order valence-electron chi connectivity index (χ2n) is 6.10. The van der Waals surface area contributed by atoms with Crippen LogP contribution in [-0.2, 0) is 9.53 Å². The molecule has 1 heterocycles. The molecule has 23 heavy (non-hydrogen) atoms. The van der Waals surface area contributed by atoms with E-state index in [4.69, 9.17) is 4.74 Å². The lowest BCUT2D eigenvalue weighted by molar-refractivity contribution is -0.137. The lowest BCUT2D eigenvalue weighted by atomic mass is 10.0. The number of benzene rings is 1. The first-order valence-corrected chi connectivity index (χ1v) is 7.90. The second kappa shape index (κ2) is 8.06. The SMILES string of the molecule is CC(C)C[C@@H](NC(=O)c1cccc(F)c1)C(=O)N1CCOCC1. The molecule has 1 fully saturated rings. The number of carbonyl (C=O) groups is 2. The Labute approximate surface area is 135 Å². The van der Waals surface area contributed by atoms with E-state index in [2.05, 4.69) is 5.32 Å². The predicted octanol–water partition coefficient (Wildman–Crippen LogP) is 1.83. The number of rotatable bonds is 5. The normalized spacial score (nSPS) is 16.3. The summed E-state index contributed by atoms with van der Waals surface area (Å²) < 4.78 is 18.5. The maximum absolute atomic E-state index is 13.3. The molecule has 0 aromatic heterocycles. The van der Waals surface area contributed by atoms with Crippen molar-refractivity contribution in [2.24, 2.45) is 5.92 Å². The summed E-state index contributed by atoms with van der Waals surface area (Å²) in [6.07, 6.45) is 0.539. The van der Waals surface area contributed by atoms with E-state index in [9.17, 15) is 14.0 Å². The third-order valence-corrected chi connectivity index (χ3v) is 3.72.